The number of carbonyl (C=O) groups is 2. The number of hydrogen-bond donors (Lipinski definition) is 2. The van der Waals surface area contributed by atoms with Crippen LogP contribution in [0.3, 0.4) is 0 Å². The van der Waals surface area contributed by atoms with Crippen LogP contribution in [0.4, 0.5) is 0 Å². The second kappa shape index (κ2) is 8.32. The molecule has 0 spiro atoms. The van der Waals surface area contributed by atoms with Crippen LogP contribution < -0.4 is 15.4 Å². The van der Waals surface area contributed by atoms with Crippen LogP contribution in [0.2, 0.25) is 0 Å². The van der Waals surface area contributed by atoms with Crippen LogP contribution >= 0.6 is 22.7 Å². The highest BCUT2D eigenvalue weighted by molar-refractivity contribution is 7.33. The molecular weight excluding hydrogens is 428 g/mol. The van der Waals surface area contributed by atoms with E-state index >= 15 is 0 Å². The topological polar surface area (TPSA) is 67.4 Å². The molecule has 2 amide bonds. The van der Waals surface area contributed by atoms with Gasteiger partial charge >= 0.3 is 0 Å². The first-order valence-corrected chi connectivity index (χ1v) is 11.9. The number of carbonyl (C=O) groups excluding carboxylic acids is 2. The Hall–Kier alpha value is -2.90. The fourth-order valence-corrected chi connectivity index (χ4v) is 5.89. The van der Waals surface area contributed by atoms with Gasteiger partial charge in [0.15, 0.2) is 6.61 Å². The number of benzene rings is 2. The van der Waals surface area contributed by atoms with Gasteiger partial charge in [-0.25, -0.2) is 0 Å². The van der Waals surface area contributed by atoms with Gasteiger partial charge in [0, 0.05) is 20.8 Å². The zero-order valence-electron chi connectivity index (χ0n) is 17.0. The minimum absolute atomic E-state index is 0.0202. The second-order valence-electron chi connectivity index (χ2n) is 7.80. The number of fused-ring (bicyclic) bond motifs is 3. The van der Waals surface area contributed by atoms with Crippen molar-refractivity contribution < 1.29 is 14.3 Å². The fourth-order valence-electron chi connectivity index (χ4n) is 3.46. The minimum Gasteiger partial charge on any atom is -0.484 e. The van der Waals surface area contributed by atoms with E-state index in [1.54, 1.807) is 11.3 Å². The fraction of sp³-hybridized carbons (Fsp3) is 0.250. The summed E-state index contributed by atoms with van der Waals surface area (Å²) in [6.45, 7) is 1.98. The van der Waals surface area contributed by atoms with Crippen molar-refractivity contribution in [3.63, 3.8) is 0 Å². The SMILES string of the molecule is CC(NC(=O)c1cc2sc3ccccc3c2s1)c1ccc(OCC(=O)NC2CC2)cc1. The Morgan fingerprint density at radius 3 is 2.61 bits per heavy atom. The zero-order valence-corrected chi connectivity index (χ0v) is 18.6. The molecule has 0 radical (unpaired) electrons. The molecule has 0 aliphatic heterocycles. The van der Waals surface area contributed by atoms with Crippen molar-refractivity contribution in [3.8, 4) is 5.75 Å². The Morgan fingerprint density at radius 1 is 1.06 bits per heavy atom. The van der Waals surface area contributed by atoms with Crippen molar-refractivity contribution >= 4 is 54.0 Å². The first kappa shape index (κ1) is 20.0. The van der Waals surface area contributed by atoms with Gasteiger partial charge in [-0.05, 0) is 49.6 Å². The van der Waals surface area contributed by atoms with E-state index < -0.39 is 0 Å². The van der Waals surface area contributed by atoms with E-state index in [4.69, 9.17) is 4.74 Å². The van der Waals surface area contributed by atoms with Crippen LogP contribution in [0.1, 0.15) is 41.0 Å². The minimum atomic E-state index is -0.142. The van der Waals surface area contributed by atoms with E-state index in [9.17, 15) is 9.59 Å². The Morgan fingerprint density at radius 2 is 1.84 bits per heavy atom. The second-order valence-corrected chi connectivity index (χ2v) is 9.93. The Labute approximate surface area is 188 Å². The van der Waals surface area contributed by atoms with Crippen LogP contribution in [0.25, 0.3) is 19.5 Å². The monoisotopic (exact) mass is 450 g/mol. The summed E-state index contributed by atoms with van der Waals surface area (Å²) in [5.41, 5.74) is 0.979. The molecule has 2 aromatic carbocycles. The van der Waals surface area contributed by atoms with E-state index in [0.29, 0.717) is 11.8 Å². The smallest absolute Gasteiger partial charge is 0.261 e. The lowest BCUT2D eigenvalue weighted by atomic mass is 10.1. The van der Waals surface area contributed by atoms with Crippen LogP contribution in [0.15, 0.2) is 54.6 Å². The van der Waals surface area contributed by atoms with Gasteiger partial charge in [-0.15, -0.1) is 22.7 Å². The summed E-state index contributed by atoms with van der Waals surface area (Å²) in [7, 11) is 0. The summed E-state index contributed by atoms with van der Waals surface area (Å²) in [6, 6.07) is 18.0. The molecule has 31 heavy (non-hydrogen) atoms. The maximum absolute atomic E-state index is 12.8. The van der Waals surface area contributed by atoms with Crippen molar-refractivity contribution in [2.24, 2.45) is 0 Å². The largest absolute Gasteiger partial charge is 0.484 e. The number of amides is 2. The molecule has 7 heteroatoms. The van der Waals surface area contributed by atoms with E-state index in [1.807, 2.05) is 49.4 Å². The summed E-state index contributed by atoms with van der Waals surface area (Å²) in [5, 5.41) is 7.19. The summed E-state index contributed by atoms with van der Waals surface area (Å²) in [4.78, 5) is 25.3. The third-order valence-corrected chi connectivity index (χ3v) is 7.73. The van der Waals surface area contributed by atoms with Gasteiger partial charge in [0.2, 0.25) is 0 Å². The molecular formula is C24H22N2O3S2. The molecule has 1 saturated carbocycles. The highest BCUT2D eigenvalue weighted by atomic mass is 32.1. The number of thiophene rings is 2. The van der Waals surface area contributed by atoms with E-state index in [1.165, 1.54) is 26.1 Å². The molecule has 0 saturated heterocycles. The van der Waals surface area contributed by atoms with E-state index in [0.717, 1.165) is 28.0 Å². The van der Waals surface area contributed by atoms with E-state index in [-0.39, 0.29) is 24.5 Å². The lowest BCUT2D eigenvalue weighted by Crippen LogP contribution is -2.30. The van der Waals surface area contributed by atoms with Gasteiger partial charge in [-0.2, -0.15) is 0 Å². The average Bonchev–Trinajstić information content (AvgIpc) is 3.37. The van der Waals surface area contributed by atoms with Crippen molar-refractivity contribution in [3.05, 3.63) is 65.0 Å². The maximum atomic E-state index is 12.8. The number of nitrogens with one attached hydrogen (secondary N) is 2. The first-order chi connectivity index (χ1) is 15.1. The standard InChI is InChI=1S/C24H22N2O3S2/c1-14(15-6-10-17(11-7-15)29-13-22(27)26-16-8-9-16)25-24(28)21-12-20-23(31-21)18-4-2-3-5-19(18)30-20/h2-7,10-12,14,16H,8-9,13H2,1H3,(H,25,28)(H,26,27). The predicted octanol–water partition coefficient (Wildman–Crippen LogP) is 5.26. The number of ether oxygens (including phenoxy) is 1. The van der Waals surface area contributed by atoms with Crippen molar-refractivity contribution in [1.82, 2.24) is 10.6 Å². The molecule has 2 heterocycles. The molecule has 4 aromatic rings. The molecule has 1 unspecified atom stereocenters. The summed E-state index contributed by atoms with van der Waals surface area (Å²) in [6.07, 6.45) is 2.12. The van der Waals surface area contributed by atoms with Gasteiger partial charge in [0.05, 0.1) is 15.6 Å². The summed E-state index contributed by atoms with van der Waals surface area (Å²) < 4.78 is 9.11. The quantitative estimate of drug-likeness (QED) is 0.403. The molecule has 1 aliphatic carbocycles. The third-order valence-electron chi connectivity index (χ3n) is 5.31. The first-order valence-electron chi connectivity index (χ1n) is 10.3. The lowest BCUT2D eigenvalue weighted by molar-refractivity contribution is -0.123. The maximum Gasteiger partial charge on any atom is 0.261 e. The Balaban J connectivity index is 1.21. The lowest BCUT2D eigenvalue weighted by Gasteiger charge is -2.14. The molecule has 0 bridgehead atoms. The molecule has 158 valence electrons. The Kier molecular flexibility index (Phi) is 5.38. The van der Waals surface area contributed by atoms with Crippen LogP contribution in [-0.4, -0.2) is 24.5 Å². The van der Waals surface area contributed by atoms with Crippen LogP contribution in [0, 0.1) is 0 Å². The molecule has 1 atom stereocenters. The van der Waals surface area contributed by atoms with E-state index in [2.05, 4.69) is 22.8 Å². The highest BCUT2D eigenvalue weighted by Crippen LogP contribution is 2.39. The van der Waals surface area contributed by atoms with Crippen molar-refractivity contribution in [2.75, 3.05) is 6.61 Å². The molecule has 5 nitrogen and oxygen atoms in total. The van der Waals surface area contributed by atoms with Gasteiger partial charge in [-0.1, -0.05) is 30.3 Å². The molecule has 1 fully saturated rings. The number of rotatable bonds is 7. The summed E-state index contributed by atoms with van der Waals surface area (Å²) >= 11 is 3.26. The summed E-state index contributed by atoms with van der Waals surface area (Å²) in [5.74, 6) is 0.483. The average molecular weight is 451 g/mol. The van der Waals surface area contributed by atoms with Crippen molar-refractivity contribution in [1.29, 1.82) is 0 Å². The van der Waals surface area contributed by atoms with Gasteiger partial charge in [0.25, 0.3) is 11.8 Å². The zero-order chi connectivity index (χ0) is 21.4. The Bertz CT molecular complexity index is 1260. The predicted molar refractivity (Wildman–Crippen MR) is 126 cm³/mol. The molecule has 5 rings (SSSR count). The molecule has 2 N–H and O–H groups in total. The normalized spacial score (nSPS) is 14.5. The van der Waals surface area contributed by atoms with Gasteiger partial charge < -0.3 is 15.4 Å². The van der Waals surface area contributed by atoms with Crippen LogP contribution in [-0.2, 0) is 4.79 Å². The third kappa shape index (κ3) is 4.43. The van der Waals surface area contributed by atoms with Gasteiger partial charge in [0.1, 0.15) is 5.75 Å². The van der Waals surface area contributed by atoms with Crippen LogP contribution in [0.5, 0.6) is 5.75 Å². The molecule has 2 aromatic heterocycles. The molecule has 1 aliphatic rings. The van der Waals surface area contributed by atoms with Crippen molar-refractivity contribution in [2.45, 2.75) is 31.8 Å². The number of hydrogen-bond acceptors (Lipinski definition) is 5. The van der Waals surface area contributed by atoms with Gasteiger partial charge in [-0.3, -0.25) is 9.59 Å². The highest BCUT2D eigenvalue weighted by Gasteiger charge is 2.23.